The van der Waals surface area contributed by atoms with E-state index in [9.17, 15) is 4.79 Å². The van der Waals surface area contributed by atoms with Crippen LogP contribution in [0.2, 0.25) is 0 Å². The van der Waals surface area contributed by atoms with E-state index in [1.165, 1.54) is 19.7 Å². The number of nitrogens with zero attached hydrogens (tertiary/aromatic N) is 1. The molecule has 0 atom stereocenters. The van der Waals surface area contributed by atoms with Gasteiger partial charge in [-0.3, -0.25) is 9.63 Å². The average molecular weight is 301 g/mol. The van der Waals surface area contributed by atoms with Crippen LogP contribution >= 0.6 is 0 Å². The minimum Gasteiger partial charge on any atom is -0.484 e. The molecule has 0 radical (unpaired) electrons. The number of carbonyl (C=O) groups is 1. The minimum absolute atomic E-state index is 0.0808. The lowest BCUT2D eigenvalue weighted by Crippen LogP contribution is -2.30. The molecule has 0 spiro atoms. The average Bonchev–Trinajstić information content (AvgIpc) is 2.55. The van der Waals surface area contributed by atoms with Gasteiger partial charge in [0, 0.05) is 7.05 Å². The van der Waals surface area contributed by atoms with Crippen LogP contribution in [0.15, 0.2) is 48.5 Å². The second kappa shape index (κ2) is 7.47. The van der Waals surface area contributed by atoms with Crippen molar-refractivity contribution in [2.45, 2.75) is 6.92 Å². The number of ether oxygens (including phenoxy) is 2. The monoisotopic (exact) mass is 301 g/mol. The van der Waals surface area contributed by atoms with Crippen molar-refractivity contribution in [2.75, 3.05) is 20.8 Å². The number of hydroxylamine groups is 2. The third-order valence-corrected chi connectivity index (χ3v) is 3.07. The Kier molecular flexibility index (Phi) is 5.38. The van der Waals surface area contributed by atoms with E-state index in [1.807, 2.05) is 31.2 Å². The highest BCUT2D eigenvalue weighted by Gasteiger charge is 2.08. The summed E-state index contributed by atoms with van der Waals surface area (Å²) in [5.41, 5.74) is 1.18. The molecule has 0 saturated carbocycles. The van der Waals surface area contributed by atoms with Crippen molar-refractivity contribution in [3.8, 4) is 17.2 Å². The molecule has 0 aliphatic carbocycles. The SMILES string of the molecule is CON(C)C(=O)COc1ccc(Oc2ccc(C)cc2)cc1. The van der Waals surface area contributed by atoms with Crippen molar-refractivity contribution in [3.63, 3.8) is 0 Å². The predicted octanol–water partition coefficient (Wildman–Crippen LogP) is 3.19. The van der Waals surface area contributed by atoms with Crippen LogP contribution in [0.1, 0.15) is 5.56 Å². The quantitative estimate of drug-likeness (QED) is 0.769. The first-order valence-corrected chi connectivity index (χ1v) is 6.86. The zero-order valence-electron chi connectivity index (χ0n) is 12.9. The summed E-state index contributed by atoms with van der Waals surface area (Å²) in [5.74, 6) is 1.81. The van der Waals surface area contributed by atoms with Crippen molar-refractivity contribution in [3.05, 3.63) is 54.1 Å². The second-order valence-corrected chi connectivity index (χ2v) is 4.75. The third-order valence-electron chi connectivity index (χ3n) is 3.07. The van der Waals surface area contributed by atoms with Gasteiger partial charge in [0.1, 0.15) is 17.2 Å². The maximum Gasteiger partial charge on any atom is 0.283 e. The fourth-order valence-corrected chi connectivity index (χ4v) is 1.68. The maximum absolute atomic E-state index is 11.5. The van der Waals surface area contributed by atoms with Crippen LogP contribution < -0.4 is 9.47 Å². The topological polar surface area (TPSA) is 48.0 Å². The predicted molar refractivity (Wildman–Crippen MR) is 83.0 cm³/mol. The van der Waals surface area contributed by atoms with Crippen LogP contribution in [0.25, 0.3) is 0 Å². The fraction of sp³-hybridized carbons (Fsp3) is 0.235. The summed E-state index contributed by atoms with van der Waals surface area (Å²) in [5, 5.41) is 1.12. The molecule has 0 bridgehead atoms. The summed E-state index contributed by atoms with van der Waals surface area (Å²) in [6.07, 6.45) is 0. The molecule has 1 amide bonds. The molecule has 0 fully saturated rings. The van der Waals surface area contributed by atoms with Gasteiger partial charge in [0.15, 0.2) is 6.61 Å². The van der Waals surface area contributed by atoms with Gasteiger partial charge in [-0.25, -0.2) is 5.06 Å². The van der Waals surface area contributed by atoms with E-state index in [1.54, 1.807) is 24.3 Å². The number of benzene rings is 2. The van der Waals surface area contributed by atoms with E-state index < -0.39 is 0 Å². The number of aryl methyl sites for hydroxylation is 1. The third kappa shape index (κ3) is 4.49. The van der Waals surface area contributed by atoms with E-state index in [0.717, 1.165) is 10.8 Å². The van der Waals surface area contributed by atoms with Crippen molar-refractivity contribution in [2.24, 2.45) is 0 Å². The fourth-order valence-electron chi connectivity index (χ4n) is 1.68. The number of hydrogen-bond donors (Lipinski definition) is 0. The molecule has 22 heavy (non-hydrogen) atoms. The number of likely N-dealkylation sites (N-methyl/N-ethyl adjacent to an activating group) is 1. The Morgan fingerprint density at radius 2 is 1.45 bits per heavy atom. The summed E-state index contributed by atoms with van der Waals surface area (Å²) in [7, 11) is 2.96. The van der Waals surface area contributed by atoms with Gasteiger partial charge in [0.05, 0.1) is 7.11 Å². The second-order valence-electron chi connectivity index (χ2n) is 4.75. The molecule has 0 aliphatic rings. The summed E-state index contributed by atoms with van der Waals surface area (Å²) in [6, 6.07) is 14.9. The lowest BCUT2D eigenvalue weighted by atomic mass is 10.2. The molecular formula is C17H19NO4. The standard InChI is InChI=1S/C17H19NO4/c1-13-4-6-15(7-5-13)22-16-10-8-14(9-11-16)21-12-17(19)18(2)20-3/h4-11H,12H2,1-3H3. The normalized spacial score (nSPS) is 10.1. The highest BCUT2D eigenvalue weighted by molar-refractivity contribution is 5.76. The highest BCUT2D eigenvalue weighted by Crippen LogP contribution is 2.24. The van der Waals surface area contributed by atoms with Gasteiger partial charge in [-0.2, -0.15) is 0 Å². The molecule has 2 rings (SSSR count). The zero-order valence-corrected chi connectivity index (χ0v) is 12.9. The Hall–Kier alpha value is -2.53. The summed E-state index contributed by atoms with van der Waals surface area (Å²) in [4.78, 5) is 16.3. The Labute approximate surface area is 130 Å². The first-order valence-electron chi connectivity index (χ1n) is 6.86. The van der Waals surface area contributed by atoms with Crippen LogP contribution in [0.5, 0.6) is 17.2 Å². The van der Waals surface area contributed by atoms with Gasteiger partial charge < -0.3 is 9.47 Å². The van der Waals surface area contributed by atoms with Crippen molar-refractivity contribution < 1.29 is 19.1 Å². The molecule has 116 valence electrons. The van der Waals surface area contributed by atoms with E-state index in [4.69, 9.17) is 14.3 Å². The molecule has 0 aliphatic heterocycles. The Balaban J connectivity index is 1.90. The van der Waals surface area contributed by atoms with Crippen LogP contribution in [0.4, 0.5) is 0 Å². The van der Waals surface area contributed by atoms with Gasteiger partial charge in [0.25, 0.3) is 5.91 Å². The van der Waals surface area contributed by atoms with E-state index in [0.29, 0.717) is 11.5 Å². The molecule has 2 aromatic carbocycles. The van der Waals surface area contributed by atoms with Gasteiger partial charge in [-0.05, 0) is 43.3 Å². The molecule has 0 N–H and O–H groups in total. The van der Waals surface area contributed by atoms with E-state index >= 15 is 0 Å². The molecule has 0 unspecified atom stereocenters. The van der Waals surface area contributed by atoms with Crippen molar-refractivity contribution >= 4 is 5.91 Å². The smallest absolute Gasteiger partial charge is 0.283 e. The minimum atomic E-state index is -0.262. The van der Waals surface area contributed by atoms with Crippen molar-refractivity contribution in [1.82, 2.24) is 5.06 Å². The lowest BCUT2D eigenvalue weighted by Gasteiger charge is -2.14. The van der Waals surface area contributed by atoms with E-state index in [2.05, 4.69) is 0 Å². The Morgan fingerprint density at radius 3 is 2.00 bits per heavy atom. The zero-order chi connectivity index (χ0) is 15.9. The number of hydrogen-bond acceptors (Lipinski definition) is 4. The van der Waals surface area contributed by atoms with Gasteiger partial charge >= 0.3 is 0 Å². The number of amides is 1. The first-order chi connectivity index (χ1) is 10.6. The van der Waals surface area contributed by atoms with Crippen LogP contribution in [-0.4, -0.2) is 31.7 Å². The summed E-state index contributed by atoms with van der Waals surface area (Å²) < 4.78 is 11.1. The molecule has 0 saturated heterocycles. The first kappa shape index (κ1) is 15.9. The van der Waals surface area contributed by atoms with Gasteiger partial charge in [0.2, 0.25) is 0 Å². The molecule has 0 heterocycles. The maximum atomic E-state index is 11.5. The van der Waals surface area contributed by atoms with Gasteiger partial charge in [-0.15, -0.1) is 0 Å². The Morgan fingerprint density at radius 1 is 0.955 bits per heavy atom. The molecule has 5 heteroatoms. The number of carbonyl (C=O) groups excluding carboxylic acids is 1. The molecule has 2 aromatic rings. The number of rotatable bonds is 6. The molecule has 0 aromatic heterocycles. The largest absolute Gasteiger partial charge is 0.484 e. The van der Waals surface area contributed by atoms with Crippen LogP contribution in [-0.2, 0) is 9.63 Å². The molecule has 5 nitrogen and oxygen atoms in total. The van der Waals surface area contributed by atoms with Gasteiger partial charge in [-0.1, -0.05) is 17.7 Å². The van der Waals surface area contributed by atoms with Crippen LogP contribution in [0, 0.1) is 6.92 Å². The Bertz CT molecular complexity index is 608. The van der Waals surface area contributed by atoms with E-state index in [-0.39, 0.29) is 12.5 Å². The highest BCUT2D eigenvalue weighted by atomic mass is 16.7. The summed E-state index contributed by atoms with van der Waals surface area (Å²) >= 11 is 0. The molecular weight excluding hydrogens is 282 g/mol. The van der Waals surface area contributed by atoms with Crippen LogP contribution in [0.3, 0.4) is 0 Å². The lowest BCUT2D eigenvalue weighted by molar-refractivity contribution is -0.170. The summed E-state index contributed by atoms with van der Waals surface area (Å²) in [6.45, 7) is 1.95. The van der Waals surface area contributed by atoms with Crippen molar-refractivity contribution in [1.29, 1.82) is 0 Å².